The van der Waals surface area contributed by atoms with Crippen molar-refractivity contribution >= 4 is 23.1 Å². The minimum absolute atomic E-state index is 0.137. The maximum Gasteiger partial charge on any atom is 0.333 e. The molecule has 0 saturated carbocycles. The molecule has 3 atom stereocenters. The maximum atomic E-state index is 12.6. The first-order chi connectivity index (χ1) is 11.3. The Bertz CT molecular complexity index is 980. The van der Waals surface area contributed by atoms with Crippen LogP contribution in [0.15, 0.2) is 9.59 Å². The fraction of sp³-hybridized carbons (Fsp3) is 0.385. The number of ether oxygens (including phenoxy) is 1. The van der Waals surface area contributed by atoms with Crippen LogP contribution in [-0.4, -0.2) is 47.5 Å². The van der Waals surface area contributed by atoms with E-state index >= 15 is 0 Å². The maximum absolute atomic E-state index is 12.6. The quantitative estimate of drug-likeness (QED) is 0.460. The number of fused-ring (bicyclic) bond motifs is 1. The number of rotatable bonds is 3. The van der Waals surface area contributed by atoms with Crippen molar-refractivity contribution in [2.75, 3.05) is 5.73 Å². The van der Waals surface area contributed by atoms with Crippen LogP contribution in [0.25, 0.3) is 11.2 Å². The number of nitrogens with two attached hydrogens (primary N) is 1. The van der Waals surface area contributed by atoms with Crippen LogP contribution in [0.3, 0.4) is 0 Å². The molecule has 5 N–H and O–H groups in total. The van der Waals surface area contributed by atoms with E-state index in [0.29, 0.717) is 0 Å². The molecule has 0 radical (unpaired) electrons. The Morgan fingerprint density at radius 3 is 2.83 bits per heavy atom. The van der Waals surface area contributed by atoms with Crippen molar-refractivity contribution in [1.82, 2.24) is 19.1 Å². The molecule has 3 heterocycles. The fourth-order valence-corrected chi connectivity index (χ4v) is 2.71. The van der Waals surface area contributed by atoms with Gasteiger partial charge in [0.15, 0.2) is 23.5 Å². The predicted octanol–water partition coefficient (Wildman–Crippen LogP) is -2.17. The zero-order valence-electron chi connectivity index (χ0n) is 12.2. The van der Waals surface area contributed by atoms with Crippen LogP contribution < -0.4 is 17.0 Å². The summed E-state index contributed by atoms with van der Waals surface area (Å²) >= 11 is 0. The average Bonchev–Trinajstić information content (AvgIpc) is 2.99. The number of carboxylic acids is 1. The summed E-state index contributed by atoms with van der Waals surface area (Å²) < 4.78 is 7.11. The molecule has 11 nitrogen and oxygen atoms in total. The lowest BCUT2D eigenvalue weighted by Crippen LogP contribution is -2.32. The number of hydrogen-bond donors (Lipinski definition) is 4. The highest BCUT2D eigenvalue weighted by Gasteiger charge is 2.41. The molecule has 1 aliphatic heterocycles. The molecule has 0 spiro atoms. The number of aromatic amines is 1. The average molecular weight is 335 g/mol. The van der Waals surface area contributed by atoms with Crippen LogP contribution >= 0.6 is 0 Å². The molecule has 1 aliphatic rings. The highest BCUT2D eigenvalue weighted by molar-refractivity contribution is 5.73. The van der Waals surface area contributed by atoms with Crippen molar-refractivity contribution in [3.8, 4) is 12.3 Å². The topological polar surface area (TPSA) is 165 Å². The molecule has 0 aliphatic carbocycles. The summed E-state index contributed by atoms with van der Waals surface area (Å²) in [6.07, 6.45) is 1.11. The third-order valence-corrected chi connectivity index (χ3v) is 3.70. The minimum atomic E-state index is -1.33. The summed E-state index contributed by atoms with van der Waals surface area (Å²) in [6, 6.07) is 0. The molecule has 0 unspecified atom stereocenters. The molecule has 0 bridgehead atoms. The van der Waals surface area contributed by atoms with E-state index in [0.717, 1.165) is 9.13 Å². The molecule has 3 rings (SSSR count). The van der Waals surface area contributed by atoms with Gasteiger partial charge in [-0.2, -0.15) is 4.98 Å². The number of aliphatic hydroxyl groups excluding tert-OH is 1. The van der Waals surface area contributed by atoms with E-state index in [1.807, 2.05) is 0 Å². The number of terminal acetylenes is 1. The van der Waals surface area contributed by atoms with E-state index in [1.165, 1.54) is 0 Å². The summed E-state index contributed by atoms with van der Waals surface area (Å²) in [7, 11) is 0. The largest absolute Gasteiger partial charge is 0.479 e. The van der Waals surface area contributed by atoms with Gasteiger partial charge in [0.1, 0.15) is 6.10 Å². The molecule has 0 amide bonds. The Morgan fingerprint density at radius 1 is 1.54 bits per heavy atom. The Hall–Kier alpha value is -3.10. The van der Waals surface area contributed by atoms with Gasteiger partial charge in [-0.3, -0.25) is 14.3 Å². The van der Waals surface area contributed by atoms with Crippen molar-refractivity contribution in [1.29, 1.82) is 0 Å². The molecule has 1 saturated heterocycles. The van der Waals surface area contributed by atoms with Gasteiger partial charge in [0.05, 0.1) is 6.54 Å². The number of aliphatic carboxylic acids is 1. The third-order valence-electron chi connectivity index (χ3n) is 3.70. The zero-order valence-corrected chi connectivity index (χ0v) is 12.2. The van der Waals surface area contributed by atoms with Gasteiger partial charge in [0, 0.05) is 6.42 Å². The van der Waals surface area contributed by atoms with Crippen LogP contribution in [0.4, 0.5) is 5.95 Å². The Balaban J connectivity index is 2.27. The second-order valence-electron chi connectivity index (χ2n) is 5.22. The number of hydrogen-bond acceptors (Lipinski definition) is 7. The summed E-state index contributed by atoms with van der Waals surface area (Å²) in [5.41, 5.74) is 3.77. The summed E-state index contributed by atoms with van der Waals surface area (Å²) in [5.74, 6) is 0.717. The van der Waals surface area contributed by atoms with Crippen molar-refractivity contribution < 1.29 is 19.7 Å². The van der Waals surface area contributed by atoms with E-state index in [1.54, 1.807) is 0 Å². The lowest BCUT2D eigenvalue weighted by Gasteiger charge is -2.15. The van der Waals surface area contributed by atoms with E-state index in [2.05, 4.69) is 15.9 Å². The van der Waals surface area contributed by atoms with Crippen LogP contribution in [-0.2, 0) is 16.1 Å². The fourth-order valence-electron chi connectivity index (χ4n) is 2.71. The van der Waals surface area contributed by atoms with Crippen molar-refractivity contribution in [2.24, 2.45) is 0 Å². The number of carboxylic acid groups (broad SMARTS) is 1. The Kier molecular flexibility index (Phi) is 3.63. The lowest BCUT2D eigenvalue weighted by molar-refractivity contribution is -0.151. The lowest BCUT2D eigenvalue weighted by atomic mass is 10.2. The van der Waals surface area contributed by atoms with Crippen molar-refractivity contribution in [3.05, 3.63) is 20.8 Å². The molecule has 0 aromatic carbocycles. The van der Waals surface area contributed by atoms with Crippen molar-refractivity contribution in [3.63, 3.8) is 0 Å². The third kappa shape index (κ3) is 2.25. The van der Waals surface area contributed by atoms with Crippen LogP contribution in [0.2, 0.25) is 0 Å². The van der Waals surface area contributed by atoms with Gasteiger partial charge in [-0.25, -0.2) is 14.2 Å². The molecule has 24 heavy (non-hydrogen) atoms. The smallest absolute Gasteiger partial charge is 0.333 e. The van der Waals surface area contributed by atoms with Crippen LogP contribution in [0, 0.1) is 12.3 Å². The summed E-state index contributed by atoms with van der Waals surface area (Å²) in [4.78, 5) is 41.9. The number of aromatic nitrogens is 4. The van der Waals surface area contributed by atoms with E-state index < -0.39 is 35.7 Å². The predicted molar refractivity (Wildman–Crippen MR) is 80.0 cm³/mol. The zero-order chi connectivity index (χ0) is 17.6. The number of H-pyrrole nitrogens is 1. The molecule has 2 aromatic heterocycles. The Labute approximate surface area is 133 Å². The first kappa shape index (κ1) is 15.8. The monoisotopic (exact) mass is 335 g/mol. The molecule has 2 aromatic rings. The van der Waals surface area contributed by atoms with Gasteiger partial charge in [0.25, 0.3) is 5.56 Å². The molecular formula is C13H13N5O6. The van der Waals surface area contributed by atoms with Crippen molar-refractivity contribution in [2.45, 2.75) is 31.4 Å². The highest BCUT2D eigenvalue weighted by Crippen LogP contribution is 2.29. The van der Waals surface area contributed by atoms with Gasteiger partial charge >= 0.3 is 11.7 Å². The van der Waals surface area contributed by atoms with Gasteiger partial charge in [-0.05, 0) is 0 Å². The van der Waals surface area contributed by atoms with Crippen LogP contribution in [0.5, 0.6) is 0 Å². The van der Waals surface area contributed by atoms with Crippen LogP contribution in [0.1, 0.15) is 12.6 Å². The number of nitrogens with zero attached hydrogens (tertiary/aromatic N) is 3. The number of aliphatic hydroxyl groups is 1. The molecule has 11 heteroatoms. The number of nitrogens with one attached hydrogen (secondary N) is 1. The summed E-state index contributed by atoms with van der Waals surface area (Å²) in [5, 5.41) is 19.1. The second kappa shape index (κ2) is 5.52. The number of imidazole rings is 1. The number of anilines is 1. The summed E-state index contributed by atoms with van der Waals surface area (Å²) in [6.45, 7) is -0.220. The van der Waals surface area contributed by atoms with Gasteiger partial charge in [-0.1, -0.05) is 5.92 Å². The standard InChI is InChI=1S/C13H13N5O6/c1-2-3-17-7-8(15-12(14)16-9(7)20)18(13(17)23)10-5(19)4-6(24-10)11(21)22/h1,5-6,10,19H,3-4H2,(H,21,22)(H3,14,15,16,20)/t5-,6+,10-/m1/s1. The normalized spacial score (nSPS) is 23.4. The van der Waals surface area contributed by atoms with Gasteiger partial charge < -0.3 is 20.7 Å². The molecule has 126 valence electrons. The Morgan fingerprint density at radius 2 is 2.25 bits per heavy atom. The van der Waals surface area contributed by atoms with E-state index in [4.69, 9.17) is 22.0 Å². The van der Waals surface area contributed by atoms with Gasteiger partial charge in [-0.15, -0.1) is 6.42 Å². The van der Waals surface area contributed by atoms with Gasteiger partial charge in [0.2, 0.25) is 5.95 Å². The first-order valence-electron chi connectivity index (χ1n) is 6.85. The van der Waals surface area contributed by atoms with E-state index in [9.17, 15) is 19.5 Å². The molecule has 1 fully saturated rings. The second-order valence-corrected chi connectivity index (χ2v) is 5.22. The number of carbonyl (C=O) groups is 1. The highest BCUT2D eigenvalue weighted by atomic mass is 16.6. The first-order valence-corrected chi connectivity index (χ1v) is 6.85. The molecular weight excluding hydrogens is 322 g/mol. The number of nitrogen functional groups attached to an aromatic ring is 1. The van der Waals surface area contributed by atoms with E-state index in [-0.39, 0.29) is 30.1 Å². The SMILES string of the molecule is C#CCn1c(=O)n([C@@H]2O[C@H](C(=O)O)C[C@H]2O)c2nc(N)[nH]c(=O)c21. The minimum Gasteiger partial charge on any atom is -0.479 e.